The molecule has 1 heterocycles. The maximum absolute atomic E-state index is 12.8. The summed E-state index contributed by atoms with van der Waals surface area (Å²) in [5, 5.41) is 11.2. The van der Waals surface area contributed by atoms with E-state index in [1.54, 1.807) is 6.07 Å². The minimum atomic E-state index is -0.369. The van der Waals surface area contributed by atoms with Crippen LogP contribution in [0.5, 0.6) is 0 Å². The fourth-order valence-electron chi connectivity index (χ4n) is 1.51. The Hall–Kier alpha value is -2.71. The van der Waals surface area contributed by atoms with Gasteiger partial charge in [0.1, 0.15) is 12.4 Å². The first-order chi connectivity index (χ1) is 9.69. The van der Waals surface area contributed by atoms with Gasteiger partial charge >= 0.3 is 0 Å². The number of carbonyl (C=O) groups excluding carboxylic acids is 1. The van der Waals surface area contributed by atoms with Crippen LogP contribution in [0.1, 0.15) is 15.9 Å². The highest BCUT2D eigenvalue weighted by atomic mass is 19.1. The third-order valence-corrected chi connectivity index (χ3v) is 2.41. The lowest BCUT2D eigenvalue weighted by Gasteiger charge is -2.05. The molecule has 1 amide bonds. The SMILES string of the molecule is O=C(Nc1ccc(F)cc1)c1cncc(C#CCO)c1. The number of pyridine rings is 1. The van der Waals surface area contributed by atoms with Crippen LogP contribution in [-0.4, -0.2) is 22.6 Å². The second-order valence-corrected chi connectivity index (χ2v) is 3.88. The molecule has 0 aliphatic rings. The quantitative estimate of drug-likeness (QED) is 0.818. The monoisotopic (exact) mass is 270 g/mol. The molecule has 0 aliphatic heterocycles. The van der Waals surface area contributed by atoms with Gasteiger partial charge in [0.25, 0.3) is 5.91 Å². The number of amides is 1. The van der Waals surface area contributed by atoms with Crippen molar-refractivity contribution < 1.29 is 14.3 Å². The Morgan fingerprint density at radius 2 is 2.05 bits per heavy atom. The molecule has 0 atom stereocenters. The molecular formula is C15H11FN2O2. The zero-order valence-electron chi connectivity index (χ0n) is 10.4. The number of benzene rings is 1. The number of carbonyl (C=O) groups is 1. The van der Waals surface area contributed by atoms with Gasteiger partial charge in [-0.25, -0.2) is 4.39 Å². The fraction of sp³-hybridized carbons (Fsp3) is 0.0667. The number of aliphatic hydroxyl groups excluding tert-OH is 1. The maximum Gasteiger partial charge on any atom is 0.257 e. The number of nitrogens with one attached hydrogen (secondary N) is 1. The summed E-state index contributed by atoms with van der Waals surface area (Å²) in [6.45, 7) is -0.258. The van der Waals surface area contributed by atoms with Crippen LogP contribution in [0.15, 0.2) is 42.7 Å². The lowest BCUT2D eigenvalue weighted by molar-refractivity contribution is 0.102. The van der Waals surface area contributed by atoms with Crippen molar-refractivity contribution in [1.82, 2.24) is 4.98 Å². The highest BCUT2D eigenvalue weighted by Crippen LogP contribution is 2.10. The smallest absolute Gasteiger partial charge is 0.257 e. The summed E-state index contributed by atoms with van der Waals surface area (Å²) in [5.41, 5.74) is 1.35. The lowest BCUT2D eigenvalue weighted by Crippen LogP contribution is -2.12. The van der Waals surface area contributed by atoms with Gasteiger partial charge in [-0.05, 0) is 30.3 Å². The van der Waals surface area contributed by atoms with E-state index in [-0.39, 0.29) is 18.3 Å². The van der Waals surface area contributed by atoms with Gasteiger partial charge in [-0.1, -0.05) is 11.8 Å². The van der Waals surface area contributed by atoms with Gasteiger partial charge in [-0.3, -0.25) is 9.78 Å². The van der Waals surface area contributed by atoms with Crippen LogP contribution in [0.3, 0.4) is 0 Å². The van der Waals surface area contributed by atoms with E-state index in [4.69, 9.17) is 5.11 Å². The molecule has 100 valence electrons. The first-order valence-electron chi connectivity index (χ1n) is 5.81. The number of rotatable bonds is 2. The van der Waals surface area contributed by atoms with Gasteiger partial charge < -0.3 is 10.4 Å². The Morgan fingerprint density at radius 1 is 1.30 bits per heavy atom. The molecule has 20 heavy (non-hydrogen) atoms. The molecule has 0 unspecified atom stereocenters. The van der Waals surface area contributed by atoms with Gasteiger partial charge in [0.2, 0.25) is 0 Å². The van der Waals surface area contributed by atoms with Gasteiger partial charge in [0.05, 0.1) is 5.56 Å². The summed E-state index contributed by atoms with van der Waals surface area (Å²) < 4.78 is 12.8. The van der Waals surface area contributed by atoms with E-state index in [1.807, 2.05) is 0 Å². The first kappa shape index (κ1) is 13.7. The third kappa shape index (κ3) is 3.64. The summed E-state index contributed by atoms with van der Waals surface area (Å²) >= 11 is 0. The molecule has 0 aliphatic carbocycles. The molecule has 0 saturated heterocycles. The summed E-state index contributed by atoms with van der Waals surface area (Å²) in [6.07, 6.45) is 2.90. The van der Waals surface area contributed by atoms with E-state index in [0.717, 1.165) is 0 Å². The molecule has 2 N–H and O–H groups in total. The first-order valence-corrected chi connectivity index (χ1v) is 5.81. The average molecular weight is 270 g/mol. The van der Waals surface area contributed by atoms with Crippen molar-refractivity contribution in [2.24, 2.45) is 0 Å². The second-order valence-electron chi connectivity index (χ2n) is 3.88. The number of hydrogen-bond acceptors (Lipinski definition) is 3. The molecule has 1 aromatic heterocycles. The number of aliphatic hydroxyl groups is 1. The Balaban J connectivity index is 2.14. The van der Waals surface area contributed by atoms with Crippen LogP contribution < -0.4 is 5.32 Å². The lowest BCUT2D eigenvalue weighted by atomic mass is 10.2. The van der Waals surface area contributed by atoms with E-state index in [2.05, 4.69) is 22.1 Å². The molecule has 0 fully saturated rings. The topological polar surface area (TPSA) is 62.2 Å². The molecule has 4 nitrogen and oxygen atoms in total. The van der Waals surface area contributed by atoms with Crippen molar-refractivity contribution in [1.29, 1.82) is 0 Å². The van der Waals surface area contributed by atoms with Gasteiger partial charge in [-0.15, -0.1) is 0 Å². The second kappa shape index (κ2) is 6.45. The molecule has 0 radical (unpaired) electrons. The van der Waals surface area contributed by atoms with Crippen LogP contribution in [0.25, 0.3) is 0 Å². The van der Waals surface area contributed by atoms with Gasteiger partial charge in [0, 0.05) is 23.6 Å². The van der Waals surface area contributed by atoms with E-state index in [1.165, 1.54) is 36.7 Å². The number of hydrogen-bond donors (Lipinski definition) is 2. The molecular weight excluding hydrogens is 259 g/mol. The largest absolute Gasteiger partial charge is 0.384 e. The van der Waals surface area contributed by atoms with E-state index in [0.29, 0.717) is 16.8 Å². The van der Waals surface area contributed by atoms with Crippen molar-refractivity contribution in [3.63, 3.8) is 0 Å². The van der Waals surface area contributed by atoms with E-state index in [9.17, 15) is 9.18 Å². The predicted octanol–water partition coefficient (Wildman–Crippen LogP) is 1.82. The van der Waals surface area contributed by atoms with E-state index < -0.39 is 0 Å². The van der Waals surface area contributed by atoms with Crippen molar-refractivity contribution in [2.45, 2.75) is 0 Å². The number of nitrogens with zero attached hydrogens (tertiary/aromatic N) is 1. The molecule has 2 aromatic rings. The van der Waals surface area contributed by atoms with Crippen molar-refractivity contribution in [3.05, 3.63) is 59.7 Å². The predicted molar refractivity (Wildman–Crippen MR) is 72.6 cm³/mol. The zero-order chi connectivity index (χ0) is 14.4. The highest BCUT2D eigenvalue weighted by molar-refractivity contribution is 6.04. The van der Waals surface area contributed by atoms with Crippen LogP contribution in [0.4, 0.5) is 10.1 Å². The van der Waals surface area contributed by atoms with Gasteiger partial charge in [-0.2, -0.15) is 0 Å². The van der Waals surface area contributed by atoms with Gasteiger partial charge in [0.15, 0.2) is 0 Å². The third-order valence-electron chi connectivity index (χ3n) is 2.41. The maximum atomic E-state index is 12.8. The standard InChI is InChI=1S/C15H11FN2O2/c16-13-3-5-14(6-4-13)18-15(20)12-8-11(2-1-7-19)9-17-10-12/h3-6,8-10,19H,7H2,(H,18,20). The highest BCUT2D eigenvalue weighted by Gasteiger charge is 2.07. The van der Waals surface area contributed by atoms with Crippen molar-refractivity contribution in [3.8, 4) is 11.8 Å². The Labute approximate surface area is 115 Å². The van der Waals surface area contributed by atoms with Crippen LogP contribution in [0.2, 0.25) is 0 Å². The number of aromatic nitrogens is 1. The molecule has 0 spiro atoms. The van der Waals surface area contributed by atoms with Crippen molar-refractivity contribution in [2.75, 3.05) is 11.9 Å². The van der Waals surface area contributed by atoms with E-state index >= 15 is 0 Å². The van der Waals surface area contributed by atoms with Crippen LogP contribution in [-0.2, 0) is 0 Å². The summed E-state index contributed by atoms with van der Waals surface area (Å²) in [5.74, 6) is 4.41. The molecule has 0 bridgehead atoms. The van der Waals surface area contributed by atoms with Crippen LogP contribution in [0, 0.1) is 17.7 Å². The Kier molecular flexibility index (Phi) is 4.43. The Morgan fingerprint density at radius 3 is 2.75 bits per heavy atom. The average Bonchev–Trinajstić information content (AvgIpc) is 2.48. The molecule has 0 saturated carbocycles. The molecule has 2 rings (SSSR count). The number of halogens is 1. The normalized spacial score (nSPS) is 9.50. The number of anilines is 1. The van der Waals surface area contributed by atoms with Crippen LogP contribution >= 0.6 is 0 Å². The van der Waals surface area contributed by atoms with Crippen molar-refractivity contribution >= 4 is 11.6 Å². The molecule has 1 aromatic carbocycles. The Bertz CT molecular complexity index is 672. The summed E-state index contributed by atoms with van der Waals surface area (Å²) in [6, 6.07) is 7.02. The fourth-order valence-corrected chi connectivity index (χ4v) is 1.51. The zero-order valence-corrected chi connectivity index (χ0v) is 10.4. The summed E-state index contributed by atoms with van der Waals surface area (Å²) in [4.78, 5) is 15.9. The minimum Gasteiger partial charge on any atom is -0.384 e. The minimum absolute atomic E-state index is 0.258. The molecule has 5 heteroatoms. The summed E-state index contributed by atoms with van der Waals surface area (Å²) in [7, 11) is 0.